The van der Waals surface area contributed by atoms with E-state index >= 15 is 0 Å². The smallest absolute Gasteiger partial charge is 0.435 e. The first-order chi connectivity index (χ1) is 8.97. The van der Waals surface area contributed by atoms with Gasteiger partial charge in [-0.05, 0) is 11.6 Å². The van der Waals surface area contributed by atoms with E-state index in [0.717, 1.165) is 11.3 Å². The molecule has 0 unspecified atom stereocenters. The lowest BCUT2D eigenvalue weighted by Gasteiger charge is -2.14. The van der Waals surface area contributed by atoms with E-state index in [0.29, 0.717) is 0 Å². The minimum atomic E-state index is -0.459. The minimum absolute atomic E-state index is 0.0784. The molecule has 0 aliphatic carbocycles. The molecule has 1 aromatic carbocycles. The van der Waals surface area contributed by atoms with Crippen molar-refractivity contribution in [1.29, 1.82) is 0 Å². The van der Waals surface area contributed by atoms with E-state index in [-0.39, 0.29) is 12.0 Å². The second-order valence-electron chi connectivity index (χ2n) is 5.44. The third-order valence-corrected chi connectivity index (χ3v) is 2.75. The van der Waals surface area contributed by atoms with Gasteiger partial charge >= 0.3 is 6.09 Å². The van der Waals surface area contributed by atoms with Crippen molar-refractivity contribution in [3.8, 4) is 0 Å². The zero-order valence-corrected chi connectivity index (χ0v) is 11.5. The average molecular weight is 258 g/mol. The lowest BCUT2D eigenvalue weighted by atomic mass is 9.93. The van der Waals surface area contributed by atoms with Crippen molar-refractivity contribution in [1.82, 2.24) is 9.78 Å². The van der Waals surface area contributed by atoms with Crippen LogP contribution in [-0.2, 0) is 16.8 Å². The van der Waals surface area contributed by atoms with Crippen LogP contribution in [-0.4, -0.2) is 15.9 Å². The molecule has 2 rings (SSSR count). The van der Waals surface area contributed by atoms with Crippen molar-refractivity contribution < 1.29 is 9.53 Å². The van der Waals surface area contributed by atoms with Crippen LogP contribution in [0.4, 0.5) is 4.79 Å². The Kier molecular flexibility index (Phi) is 3.69. The van der Waals surface area contributed by atoms with Gasteiger partial charge in [0.25, 0.3) is 0 Å². The lowest BCUT2D eigenvalue weighted by molar-refractivity contribution is 0.137. The molecule has 100 valence electrons. The topological polar surface area (TPSA) is 44.1 Å². The number of hydrogen-bond acceptors (Lipinski definition) is 3. The minimum Gasteiger partial charge on any atom is -0.443 e. The summed E-state index contributed by atoms with van der Waals surface area (Å²) >= 11 is 0. The maximum Gasteiger partial charge on any atom is 0.435 e. The predicted molar refractivity (Wildman–Crippen MR) is 73.0 cm³/mol. The third-order valence-electron chi connectivity index (χ3n) is 2.75. The van der Waals surface area contributed by atoms with Gasteiger partial charge in [0.05, 0.1) is 5.69 Å². The van der Waals surface area contributed by atoms with Gasteiger partial charge in [0, 0.05) is 11.6 Å². The number of benzene rings is 1. The Morgan fingerprint density at radius 2 is 1.89 bits per heavy atom. The molecule has 19 heavy (non-hydrogen) atoms. The van der Waals surface area contributed by atoms with Gasteiger partial charge in [-0.15, -0.1) is 0 Å². The second kappa shape index (κ2) is 5.26. The fraction of sp³-hybridized carbons (Fsp3) is 0.333. The highest BCUT2D eigenvalue weighted by Crippen LogP contribution is 2.19. The summed E-state index contributed by atoms with van der Waals surface area (Å²) in [5.41, 5.74) is 1.74. The van der Waals surface area contributed by atoms with Crippen LogP contribution in [0.15, 0.2) is 42.6 Å². The first-order valence-electron chi connectivity index (χ1n) is 6.24. The van der Waals surface area contributed by atoms with Crippen molar-refractivity contribution in [2.75, 3.05) is 0 Å². The predicted octanol–water partition coefficient (Wildman–Crippen LogP) is 3.37. The van der Waals surface area contributed by atoms with Gasteiger partial charge in [-0.1, -0.05) is 51.1 Å². The summed E-state index contributed by atoms with van der Waals surface area (Å²) in [7, 11) is 0. The third kappa shape index (κ3) is 3.44. The van der Waals surface area contributed by atoms with Crippen LogP contribution >= 0.6 is 0 Å². The maximum atomic E-state index is 11.8. The van der Waals surface area contributed by atoms with Gasteiger partial charge in [0.2, 0.25) is 0 Å². The number of carbonyl (C=O) groups excluding carboxylic acids is 1. The lowest BCUT2D eigenvalue weighted by Crippen LogP contribution is -2.17. The van der Waals surface area contributed by atoms with E-state index in [9.17, 15) is 4.79 Å². The monoisotopic (exact) mass is 258 g/mol. The summed E-state index contributed by atoms with van der Waals surface area (Å²) in [5, 5.41) is 4.24. The van der Waals surface area contributed by atoms with Crippen molar-refractivity contribution >= 4 is 6.09 Å². The van der Waals surface area contributed by atoms with Gasteiger partial charge in [0.1, 0.15) is 6.61 Å². The molecule has 0 bridgehead atoms. The van der Waals surface area contributed by atoms with Crippen molar-refractivity contribution in [2.45, 2.75) is 32.8 Å². The largest absolute Gasteiger partial charge is 0.443 e. The Morgan fingerprint density at radius 1 is 1.21 bits per heavy atom. The molecule has 0 saturated heterocycles. The fourth-order valence-corrected chi connectivity index (χ4v) is 1.61. The molecule has 0 radical (unpaired) electrons. The summed E-state index contributed by atoms with van der Waals surface area (Å²) < 4.78 is 6.44. The Morgan fingerprint density at radius 3 is 2.47 bits per heavy atom. The molecule has 0 atom stereocenters. The SMILES string of the molecule is CC(C)(C)c1ccn(C(=O)OCc2ccccc2)n1. The second-order valence-corrected chi connectivity index (χ2v) is 5.44. The summed E-state index contributed by atoms with van der Waals surface area (Å²) in [4.78, 5) is 11.8. The molecule has 1 aromatic heterocycles. The Labute approximate surface area is 113 Å². The van der Waals surface area contributed by atoms with Gasteiger partial charge in [-0.2, -0.15) is 9.78 Å². The van der Waals surface area contributed by atoms with Crippen LogP contribution in [0.1, 0.15) is 32.0 Å². The van der Waals surface area contributed by atoms with E-state index < -0.39 is 6.09 Å². The van der Waals surface area contributed by atoms with Crippen LogP contribution in [0.25, 0.3) is 0 Å². The van der Waals surface area contributed by atoms with Crippen molar-refractivity contribution in [2.24, 2.45) is 0 Å². The van der Waals surface area contributed by atoms with E-state index in [1.807, 2.05) is 36.4 Å². The highest BCUT2D eigenvalue weighted by Gasteiger charge is 2.18. The molecule has 1 heterocycles. The summed E-state index contributed by atoms with van der Waals surface area (Å²) in [6.07, 6.45) is 1.17. The summed E-state index contributed by atoms with van der Waals surface area (Å²) in [5.74, 6) is 0. The number of nitrogens with zero attached hydrogens (tertiary/aromatic N) is 2. The number of ether oxygens (including phenoxy) is 1. The van der Waals surface area contributed by atoms with Crippen LogP contribution in [0.2, 0.25) is 0 Å². The molecular weight excluding hydrogens is 240 g/mol. The number of carbonyl (C=O) groups is 1. The molecule has 0 saturated carbocycles. The molecular formula is C15H18N2O2. The van der Waals surface area contributed by atoms with E-state index in [4.69, 9.17) is 4.74 Å². The molecule has 0 fully saturated rings. The standard InChI is InChI=1S/C15H18N2O2/c1-15(2,3)13-9-10-17(16-13)14(18)19-11-12-7-5-4-6-8-12/h4-10H,11H2,1-3H3. The Hall–Kier alpha value is -2.10. The van der Waals surface area contributed by atoms with Crippen molar-refractivity contribution in [3.05, 3.63) is 53.9 Å². The first-order valence-corrected chi connectivity index (χ1v) is 6.24. The van der Waals surface area contributed by atoms with Gasteiger partial charge in [0.15, 0.2) is 0 Å². The summed E-state index contributed by atoms with van der Waals surface area (Å²) in [6, 6.07) is 11.4. The molecule has 0 spiro atoms. The molecule has 0 N–H and O–H groups in total. The normalized spacial score (nSPS) is 11.3. The van der Waals surface area contributed by atoms with E-state index in [2.05, 4.69) is 25.9 Å². The van der Waals surface area contributed by atoms with Gasteiger partial charge < -0.3 is 4.74 Å². The number of rotatable bonds is 2. The first kappa shape index (κ1) is 13.3. The van der Waals surface area contributed by atoms with Crippen LogP contribution in [0, 0.1) is 0 Å². The fourth-order valence-electron chi connectivity index (χ4n) is 1.61. The zero-order valence-electron chi connectivity index (χ0n) is 11.5. The summed E-state index contributed by atoms with van der Waals surface area (Å²) in [6.45, 7) is 6.41. The van der Waals surface area contributed by atoms with Gasteiger partial charge in [-0.3, -0.25) is 0 Å². The van der Waals surface area contributed by atoms with Gasteiger partial charge in [-0.25, -0.2) is 4.79 Å². The molecule has 0 amide bonds. The highest BCUT2D eigenvalue weighted by molar-refractivity contribution is 5.69. The zero-order chi connectivity index (χ0) is 13.9. The molecule has 4 nitrogen and oxygen atoms in total. The van der Waals surface area contributed by atoms with Crippen LogP contribution in [0.5, 0.6) is 0 Å². The van der Waals surface area contributed by atoms with E-state index in [1.165, 1.54) is 4.68 Å². The van der Waals surface area contributed by atoms with Crippen LogP contribution in [0.3, 0.4) is 0 Å². The molecule has 0 aliphatic heterocycles. The van der Waals surface area contributed by atoms with Crippen molar-refractivity contribution in [3.63, 3.8) is 0 Å². The van der Waals surface area contributed by atoms with Crippen LogP contribution < -0.4 is 0 Å². The molecule has 4 heteroatoms. The number of hydrogen-bond donors (Lipinski definition) is 0. The molecule has 2 aromatic rings. The quantitative estimate of drug-likeness (QED) is 0.829. The maximum absolute atomic E-state index is 11.8. The Bertz CT molecular complexity index is 553. The average Bonchev–Trinajstić information content (AvgIpc) is 2.87. The Balaban J connectivity index is 1.99. The van der Waals surface area contributed by atoms with E-state index in [1.54, 1.807) is 6.20 Å². The number of aromatic nitrogens is 2. The molecule has 0 aliphatic rings. The highest BCUT2D eigenvalue weighted by atomic mass is 16.6.